The second kappa shape index (κ2) is 9.44. The second-order valence-corrected chi connectivity index (χ2v) is 10.3. The molecule has 1 heterocycles. The van der Waals surface area contributed by atoms with Crippen LogP contribution in [0.4, 0.5) is 0 Å². The van der Waals surface area contributed by atoms with Gasteiger partial charge in [-0.15, -0.1) is 0 Å². The first kappa shape index (κ1) is 15.0. The maximum Gasteiger partial charge on any atom is 0.136 e. The number of rotatable bonds is 3. The lowest BCUT2D eigenvalue weighted by Crippen LogP contribution is -1.94. The molecule has 8 aromatic carbocycles. The minimum atomic E-state index is -0.542. The molecule has 0 aliphatic carbocycles. The fourth-order valence-electron chi connectivity index (χ4n) is 6.34. The van der Waals surface area contributed by atoms with Crippen molar-refractivity contribution in [3.63, 3.8) is 0 Å². The fourth-order valence-corrected chi connectivity index (χ4v) is 6.34. The predicted octanol–water partition coefficient (Wildman–Crippen LogP) is 12.0. The molecular formula is C42H26O. The topological polar surface area (TPSA) is 13.1 Å². The Bertz CT molecular complexity index is 3090. The molecule has 0 atom stereocenters. The molecule has 0 spiro atoms. The summed E-state index contributed by atoms with van der Waals surface area (Å²) in [6, 6.07) is 20.0. The summed E-state index contributed by atoms with van der Waals surface area (Å²) < 4.78 is 111. The van der Waals surface area contributed by atoms with Gasteiger partial charge in [0.1, 0.15) is 11.2 Å². The molecule has 0 aliphatic rings. The van der Waals surface area contributed by atoms with Crippen molar-refractivity contribution >= 4 is 54.3 Å². The molecule has 0 saturated heterocycles. The summed E-state index contributed by atoms with van der Waals surface area (Å²) in [6.07, 6.45) is 0. The number of fused-ring (bicyclic) bond motifs is 6. The van der Waals surface area contributed by atoms with E-state index in [1.165, 1.54) is 0 Å². The quantitative estimate of drug-likeness (QED) is 0.197. The first-order valence-electron chi connectivity index (χ1n) is 19.8. The van der Waals surface area contributed by atoms with Crippen molar-refractivity contribution in [3.8, 4) is 33.4 Å². The Labute approximate surface area is 266 Å². The van der Waals surface area contributed by atoms with Gasteiger partial charge in [-0.2, -0.15) is 0 Å². The first-order chi connectivity index (χ1) is 26.3. The largest absolute Gasteiger partial charge is 0.456 e. The van der Waals surface area contributed by atoms with E-state index in [-0.39, 0.29) is 40.0 Å². The van der Waals surface area contributed by atoms with E-state index in [0.29, 0.717) is 60.4 Å². The van der Waals surface area contributed by atoms with Gasteiger partial charge in [0.15, 0.2) is 0 Å². The van der Waals surface area contributed by atoms with E-state index in [2.05, 4.69) is 0 Å². The number of para-hydroxylation sites is 1. The molecule has 0 radical (unpaired) electrons. The maximum atomic E-state index is 9.28. The van der Waals surface area contributed by atoms with Gasteiger partial charge in [-0.1, -0.05) is 145 Å². The van der Waals surface area contributed by atoms with Gasteiger partial charge in [0.2, 0.25) is 0 Å². The molecule has 9 rings (SSSR count). The molecule has 0 amide bonds. The Morgan fingerprint density at radius 3 is 1.74 bits per heavy atom. The van der Waals surface area contributed by atoms with Crippen molar-refractivity contribution in [3.05, 3.63) is 157 Å². The first-order valence-corrected chi connectivity index (χ1v) is 13.8. The van der Waals surface area contributed by atoms with Crippen LogP contribution in [0.2, 0.25) is 0 Å². The highest BCUT2D eigenvalue weighted by Gasteiger charge is 2.23. The SMILES string of the molecule is [2H]c1c([2H])c([2H])c(-c2ccc3oc4ccccc4c3c2-c2c3ccccc3c(-c3c([2H])c([2H])c([2H])c4c([2H])c([2H])c([2H])c([2H])c34)c3ccccc23)c([2H])c1[2H]. The number of hydrogen-bond acceptors (Lipinski definition) is 1. The zero-order valence-electron chi connectivity index (χ0n) is 34.5. The third-order valence-corrected chi connectivity index (χ3v) is 8.06. The molecule has 200 valence electrons. The van der Waals surface area contributed by atoms with E-state index in [4.69, 9.17) is 19.5 Å². The Balaban J connectivity index is 1.56. The Morgan fingerprint density at radius 2 is 1.00 bits per heavy atom. The highest BCUT2D eigenvalue weighted by Crippen LogP contribution is 2.50. The minimum absolute atomic E-state index is 0.00531. The molecule has 0 fully saturated rings. The molecule has 0 saturated carbocycles. The highest BCUT2D eigenvalue weighted by atomic mass is 16.3. The van der Waals surface area contributed by atoms with E-state index in [1.54, 1.807) is 24.3 Å². The minimum Gasteiger partial charge on any atom is -0.456 e. The molecule has 0 unspecified atom stereocenters. The van der Waals surface area contributed by atoms with Crippen LogP contribution in [-0.2, 0) is 0 Å². The third-order valence-electron chi connectivity index (χ3n) is 8.06. The number of hydrogen-bond donors (Lipinski definition) is 0. The van der Waals surface area contributed by atoms with Crippen LogP contribution in [0, 0.1) is 0 Å². The van der Waals surface area contributed by atoms with Crippen LogP contribution in [0.1, 0.15) is 16.4 Å². The van der Waals surface area contributed by atoms with Gasteiger partial charge < -0.3 is 4.42 Å². The summed E-state index contributed by atoms with van der Waals surface area (Å²) in [7, 11) is 0. The van der Waals surface area contributed by atoms with Crippen LogP contribution < -0.4 is 0 Å². The van der Waals surface area contributed by atoms with Gasteiger partial charge in [-0.05, 0) is 72.3 Å². The lowest BCUT2D eigenvalue weighted by Gasteiger charge is -2.21. The van der Waals surface area contributed by atoms with Gasteiger partial charge in [-0.3, -0.25) is 0 Å². The summed E-state index contributed by atoms with van der Waals surface area (Å²) >= 11 is 0. The lowest BCUT2D eigenvalue weighted by molar-refractivity contribution is 0.669. The van der Waals surface area contributed by atoms with Gasteiger partial charge in [0.05, 0.1) is 16.4 Å². The molecule has 9 aromatic rings. The summed E-state index contributed by atoms with van der Waals surface area (Å²) in [6.45, 7) is 0. The highest BCUT2D eigenvalue weighted by molar-refractivity contribution is 6.28. The summed E-state index contributed by atoms with van der Waals surface area (Å²) in [4.78, 5) is 0. The molecule has 1 aromatic heterocycles. The van der Waals surface area contributed by atoms with Crippen LogP contribution in [0.25, 0.3) is 87.6 Å². The maximum absolute atomic E-state index is 9.28. The van der Waals surface area contributed by atoms with E-state index in [0.717, 1.165) is 5.39 Å². The zero-order valence-corrected chi connectivity index (χ0v) is 22.5. The average molecular weight is 559 g/mol. The van der Waals surface area contributed by atoms with Crippen LogP contribution in [0.5, 0.6) is 0 Å². The second-order valence-electron chi connectivity index (χ2n) is 10.3. The number of furan rings is 1. The standard InChI is InChI=1S/C42H26O/c1-2-13-28(14-3-1)30-25-26-38-41(36-22-10-11-24-37(36)43-38)42(30)40-34-20-8-6-18-32(34)39(33-19-7-9-21-35(33)40)31-23-12-16-27-15-4-5-17-29(27)31/h1-26H/i1D,2D,3D,4D,5D,12D,13D,14D,15D,16D,17D,23D. The summed E-state index contributed by atoms with van der Waals surface area (Å²) in [5.41, 5.74) is 3.15. The van der Waals surface area contributed by atoms with Gasteiger partial charge in [0.25, 0.3) is 0 Å². The Kier molecular flexibility index (Phi) is 3.29. The van der Waals surface area contributed by atoms with Crippen molar-refractivity contribution in [2.75, 3.05) is 0 Å². The van der Waals surface area contributed by atoms with Gasteiger partial charge >= 0.3 is 0 Å². The smallest absolute Gasteiger partial charge is 0.136 e. The molecule has 0 aliphatic heterocycles. The van der Waals surface area contributed by atoms with Crippen molar-refractivity contribution < 1.29 is 20.9 Å². The van der Waals surface area contributed by atoms with Crippen molar-refractivity contribution in [1.82, 2.24) is 0 Å². The molecule has 43 heavy (non-hydrogen) atoms. The third kappa shape index (κ3) is 3.58. The van der Waals surface area contributed by atoms with E-state index in [9.17, 15) is 1.37 Å². The Hall–Kier alpha value is -5.66. The van der Waals surface area contributed by atoms with E-state index in [1.807, 2.05) is 60.7 Å². The van der Waals surface area contributed by atoms with Crippen LogP contribution in [-0.4, -0.2) is 0 Å². The fraction of sp³-hybridized carbons (Fsp3) is 0. The van der Waals surface area contributed by atoms with Crippen LogP contribution >= 0.6 is 0 Å². The predicted molar refractivity (Wildman–Crippen MR) is 183 cm³/mol. The summed E-state index contributed by atoms with van der Waals surface area (Å²) in [5.74, 6) is 0. The van der Waals surface area contributed by atoms with Crippen LogP contribution in [0.15, 0.2) is 162 Å². The lowest BCUT2D eigenvalue weighted by atomic mass is 9.81. The van der Waals surface area contributed by atoms with Crippen molar-refractivity contribution in [2.24, 2.45) is 0 Å². The molecular weight excluding hydrogens is 520 g/mol. The van der Waals surface area contributed by atoms with E-state index >= 15 is 0 Å². The zero-order chi connectivity index (χ0) is 38.8. The Morgan fingerprint density at radius 1 is 0.395 bits per heavy atom. The average Bonchev–Trinajstić information content (AvgIpc) is 3.58. The normalized spacial score (nSPS) is 15.6. The van der Waals surface area contributed by atoms with Gasteiger partial charge in [-0.25, -0.2) is 0 Å². The number of benzene rings is 8. The monoisotopic (exact) mass is 558 g/mol. The molecule has 1 heteroatoms. The van der Waals surface area contributed by atoms with Gasteiger partial charge in [0, 0.05) is 16.3 Å². The van der Waals surface area contributed by atoms with E-state index < -0.39 is 54.4 Å². The molecule has 0 N–H and O–H groups in total. The van der Waals surface area contributed by atoms with Crippen molar-refractivity contribution in [2.45, 2.75) is 0 Å². The molecule has 1 nitrogen and oxygen atoms in total. The molecule has 0 bridgehead atoms. The van der Waals surface area contributed by atoms with Crippen LogP contribution in [0.3, 0.4) is 0 Å². The van der Waals surface area contributed by atoms with Crippen molar-refractivity contribution in [1.29, 1.82) is 0 Å². The summed E-state index contributed by atoms with van der Waals surface area (Å²) in [5, 5.41) is 3.56.